The van der Waals surface area contributed by atoms with Crippen LogP contribution in [-0.4, -0.2) is 32.8 Å². The van der Waals surface area contributed by atoms with E-state index in [1.807, 2.05) is 7.11 Å². The number of nitrogens with zero attached hydrogens (tertiary/aromatic N) is 1. The zero-order chi connectivity index (χ0) is 15.2. The Hall–Kier alpha value is -0.580. The highest BCUT2D eigenvalue weighted by Crippen LogP contribution is 2.28. The number of anilines is 1. The van der Waals surface area contributed by atoms with Gasteiger partial charge in [0.2, 0.25) is 0 Å². The Balaban J connectivity index is 2.04. The summed E-state index contributed by atoms with van der Waals surface area (Å²) in [5.74, 6) is 0.682. The number of halogens is 1. The van der Waals surface area contributed by atoms with Gasteiger partial charge in [-0.1, -0.05) is 35.8 Å². The summed E-state index contributed by atoms with van der Waals surface area (Å²) in [6.45, 7) is 8.63. The summed E-state index contributed by atoms with van der Waals surface area (Å²) in [5, 5.41) is 3.55. The number of hydrogen-bond acceptors (Lipinski definition) is 3. The molecule has 0 amide bonds. The number of nitrogens with one attached hydrogen (secondary N) is 1. The normalized spacial score (nSPS) is 16.7. The summed E-state index contributed by atoms with van der Waals surface area (Å²) >= 11 is 3.61. The van der Waals surface area contributed by atoms with E-state index in [0.717, 1.165) is 43.5 Å². The quantitative estimate of drug-likeness (QED) is 0.840. The topological polar surface area (TPSA) is 24.5 Å². The Morgan fingerprint density at radius 2 is 2.05 bits per heavy atom. The summed E-state index contributed by atoms with van der Waals surface area (Å²) in [6, 6.07) is 6.62. The molecule has 1 aromatic carbocycles. The highest BCUT2D eigenvalue weighted by molar-refractivity contribution is 9.10. The smallest absolute Gasteiger partial charge is 0.0605 e. The Morgan fingerprint density at radius 1 is 1.33 bits per heavy atom. The van der Waals surface area contributed by atoms with Gasteiger partial charge < -0.3 is 15.0 Å². The fraction of sp³-hybridized carbons (Fsp3) is 0.647. The predicted octanol–water partition coefficient (Wildman–Crippen LogP) is 3.81. The molecule has 1 saturated heterocycles. The van der Waals surface area contributed by atoms with Crippen LogP contribution in [0.15, 0.2) is 22.7 Å². The number of hydrogen-bond donors (Lipinski definition) is 1. The van der Waals surface area contributed by atoms with Crippen molar-refractivity contribution in [2.75, 3.05) is 31.6 Å². The minimum absolute atomic E-state index is 0.427. The van der Waals surface area contributed by atoms with E-state index in [0.29, 0.717) is 12.0 Å². The lowest BCUT2D eigenvalue weighted by Gasteiger charge is -2.34. The molecule has 0 aliphatic carbocycles. The van der Waals surface area contributed by atoms with Gasteiger partial charge in [0.25, 0.3) is 0 Å². The maximum atomic E-state index is 5.47. The second-order valence-electron chi connectivity index (χ2n) is 6.22. The van der Waals surface area contributed by atoms with Crippen molar-refractivity contribution < 1.29 is 4.74 Å². The molecule has 1 N–H and O–H groups in total. The van der Waals surface area contributed by atoms with Crippen molar-refractivity contribution >= 4 is 21.6 Å². The lowest BCUT2D eigenvalue weighted by atomic mass is 10.0. The number of ether oxygens (including phenoxy) is 1. The first-order valence-corrected chi connectivity index (χ1v) is 8.66. The average molecular weight is 355 g/mol. The molecule has 3 nitrogen and oxygen atoms in total. The van der Waals surface area contributed by atoms with Gasteiger partial charge in [-0.2, -0.15) is 0 Å². The van der Waals surface area contributed by atoms with Crippen LogP contribution in [-0.2, 0) is 11.3 Å². The van der Waals surface area contributed by atoms with Crippen LogP contribution in [0, 0.1) is 5.92 Å². The third-order valence-corrected chi connectivity index (χ3v) is 4.52. The van der Waals surface area contributed by atoms with Crippen molar-refractivity contribution in [3.05, 3.63) is 28.2 Å². The highest BCUT2D eigenvalue weighted by atomic mass is 79.9. The largest absolute Gasteiger partial charge is 0.381 e. The lowest BCUT2D eigenvalue weighted by molar-refractivity contribution is 0.0819. The minimum Gasteiger partial charge on any atom is -0.381 e. The van der Waals surface area contributed by atoms with Crippen LogP contribution < -0.4 is 10.2 Å². The molecular weight excluding hydrogens is 328 g/mol. The van der Waals surface area contributed by atoms with Crippen LogP contribution in [0.4, 0.5) is 5.69 Å². The van der Waals surface area contributed by atoms with E-state index < -0.39 is 0 Å². The molecule has 0 radical (unpaired) electrons. The van der Waals surface area contributed by atoms with E-state index in [9.17, 15) is 0 Å². The zero-order valence-corrected chi connectivity index (χ0v) is 14.9. The van der Waals surface area contributed by atoms with Gasteiger partial charge in [0.15, 0.2) is 0 Å². The summed E-state index contributed by atoms with van der Waals surface area (Å²) in [4.78, 5) is 2.49. The first kappa shape index (κ1) is 16.8. The maximum Gasteiger partial charge on any atom is 0.0605 e. The predicted molar refractivity (Wildman–Crippen MR) is 92.9 cm³/mol. The number of methoxy groups -OCH3 is 1. The summed E-state index contributed by atoms with van der Waals surface area (Å²) in [5.41, 5.74) is 2.74. The van der Waals surface area contributed by atoms with Crippen molar-refractivity contribution in [3.8, 4) is 0 Å². The third-order valence-electron chi connectivity index (χ3n) is 4.03. The second kappa shape index (κ2) is 8.16. The van der Waals surface area contributed by atoms with Gasteiger partial charge in [-0.3, -0.25) is 0 Å². The molecule has 4 heteroatoms. The molecule has 1 heterocycles. The molecule has 0 bridgehead atoms. The van der Waals surface area contributed by atoms with Crippen molar-refractivity contribution in [1.82, 2.24) is 5.32 Å². The Labute approximate surface area is 137 Å². The molecule has 0 atom stereocenters. The highest BCUT2D eigenvalue weighted by Gasteiger charge is 2.20. The van der Waals surface area contributed by atoms with Crippen molar-refractivity contribution in [2.45, 2.75) is 39.3 Å². The van der Waals surface area contributed by atoms with Crippen molar-refractivity contribution in [1.29, 1.82) is 0 Å². The molecule has 0 unspecified atom stereocenters. The third kappa shape index (κ3) is 4.97. The van der Waals surface area contributed by atoms with E-state index in [-0.39, 0.29) is 0 Å². The minimum atomic E-state index is 0.427. The van der Waals surface area contributed by atoms with E-state index in [1.165, 1.54) is 11.3 Å². The first-order valence-electron chi connectivity index (χ1n) is 7.87. The molecule has 21 heavy (non-hydrogen) atoms. The first-order chi connectivity index (χ1) is 10.1. The summed E-state index contributed by atoms with van der Waals surface area (Å²) in [6.07, 6.45) is 2.65. The second-order valence-corrected chi connectivity index (χ2v) is 7.14. The molecule has 0 spiro atoms. The number of rotatable bonds is 6. The SMILES string of the molecule is COC1CCN(c2cc(Br)ccc2CNCC(C)C)CC1. The molecule has 2 rings (SSSR count). The van der Waals surface area contributed by atoms with E-state index >= 15 is 0 Å². The Morgan fingerprint density at radius 3 is 2.67 bits per heavy atom. The van der Waals surface area contributed by atoms with Gasteiger partial charge in [0.05, 0.1) is 6.10 Å². The van der Waals surface area contributed by atoms with Crippen LogP contribution in [0.3, 0.4) is 0 Å². The monoisotopic (exact) mass is 354 g/mol. The van der Waals surface area contributed by atoms with Gasteiger partial charge in [-0.25, -0.2) is 0 Å². The van der Waals surface area contributed by atoms with Gasteiger partial charge in [0, 0.05) is 36.9 Å². The standard InChI is InChI=1S/C17H27BrN2O/c1-13(2)11-19-12-14-4-5-15(18)10-17(14)20-8-6-16(21-3)7-9-20/h4-5,10,13,16,19H,6-9,11-12H2,1-3H3. The van der Waals surface area contributed by atoms with Crippen LogP contribution in [0.1, 0.15) is 32.3 Å². The molecule has 1 aliphatic heterocycles. The van der Waals surface area contributed by atoms with Crippen molar-refractivity contribution in [3.63, 3.8) is 0 Å². The molecule has 1 aliphatic rings. The fourth-order valence-electron chi connectivity index (χ4n) is 2.81. The van der Waals surface area contributed by atoms with Crippen molar-refractivity contribution in [2.24, 2.45) is 5.92 Å². The summed E-state index contributed by atoms with van der Waals surface area (Å²) < 4.78 is 6.62. The molecule has 1 fully saturated rings. The van der Waals surface area contributed by atoms with Gasteiger partial charge >= 0.3 is 0 Å². The Kier molecular flexibility index (Phi) is 6.52. The molecule has 0 saturated carbocycles. The van der Waals surface area contributed by atoms with Crippen LogP contribution >= 0.6 is 15.9 Å². The fourth-order valence-corrected chi connectivity index (χ4v) is 3.16. The van der Waals surface area contributed by atoms with Gasteiger partial charge in [0.1, 0.15) is 0 Å². The average Bonchev–Trinajstić information content (AvgIpc) is 2.48. The molecule has 1 aromatic rings. The van der Waals surface area contributed by atoms with E-state index in [1.54, 1.807) is 0 Å². The zero-order valence-electron chi connectivity index (χ0n) is 13.4. The van der Waals surface area contributed by atoms with E-state index in [2.05, 4.69) is 58.2 Å². The van der Waals surface area contributed by atoms with E-state index in [4.69, 9.17) is 4.74 Å². The lowest BCUT2D eigenvalue weighted by Crippen LogP contribution is -2.37. The summed E-state index contributed by atoms with van der Waals surface area (Å²) in [7, 11) is 1.82. The van der Waals surface area contributed by atoms with Crippen LogP contribution in [0.5, 0.6) is 0 Å². The molecular formula is C17H27BrN2O. The molecule has 118 valence electrons. The number of benzene rings is 1. The van der Waals surface area contributed by atoms with Crippen LogP contribution in [0.2, 0.25) is 0 Å². The van der Waals surface area contributed by atoms with Crippen LogP contribution in [0.25, 0.3) is 0 Å². The van der Waals surface area contributed by atoms with Gasteiger partial charge in [-0.15, -0.1) is 0 Å². The number of piperidine rings is 1. The van der Waals surface area contributed by atoms with Gasteiger partial charge in [-0.05, 0) is 43.0 Å². The maximum absolute atomic E-state index is 5.47. The molecule has 0 aromatic heterocycles. The Bertz CT molecular complexity index is 442.